The van der Waals surface area contributed by atoms with Gasteiger partial charge in [-0.3, -0.25) is 14.4 Å². The molecule has 2 fully saturated rings. The average Bonchev–Trinajstić information content (AvgIpc) is 2.87. The third-order valence-corrected chi connectivity index (χ3v) is 4.85. The van der Waals surface area contributed by atoms with Crippen molar-refractivity contribution in [3.05, 3.63) is 30.1 Å². The first kappa shape index (κ1) is 16.4. The first-order chi connectivity index (χ1) is 11.4. The summed E-state index contributed by atoms with van der Waals surface area (Å²) in [5, 5.41) is 11.8. The summed E-state index contributed by atoms with van der Waals surface area (Å²) < 4.78 is 13.0. The van der Waals surface area contributed by atoms with Crippen LogP contribution in [0.3, 0.4) is 0 Å². The van der Waals surface area contributed by atoms with Gasteiger partial charge in [0, 0.05) is 12.2 Å². The van der Waals surface area contributed by atoms with Crippen LogP contribution in [0.25, 0.3) is 0 Å². The Morgan fingerprint density at radius 1 is 1.29 bits per heavy atom. The number of hydrogen-bond acceptors (Lipinski definition) is 3. The molecule has 7 heteroatoms. The summed E-state index contributed by atoms with van der Waals surface area (Å²) in [6, 6.07) is 5.55. The summed E-state index contributed by atoms with van der Waals surface area (Å²) >= 11 is 0. The topological polar surface area (TPSA) is 86.7 Å². The van der Waals surface area contributed by atoms with Crippen molar-refractivity contribution in [3.63, 3.8) is 0 Å². The fourth-order valence-corrected chi connectivity index (χ4v) is 3.39. The fourth-order valence-electron chi connectivity index (χ4n) is 3.39. The van der Waals surface area contributed by atoms with E-state index < -0.39 is 23.3 Å². The zero-order valence-electron chi connectivity index (χ0n) is 13.1. The van der Waals surface area contributed by atoms with E-state index in [1.165, 1.54) is 29.2 Å². The van der Waals surface area contributed by atoms with Crippen molar-refractivity contribution in [2.24, 2.45) is 5.92 Å². The first-order valence-corrected chi connectivity index (χ1v) is 8.01. The van der Waals surface area contributed by atoms with E-state index in [9.17, 15) is 18.8 Å². The SMILES string of the molecule is O=C(O)CC1(NC(=O)C2CCN(c3ccc(F)cc3)C2=O)CCC1. The molecule has 2 aliphatic rings. The van der Waals surface area contributed by atoms with Crippen molar-refractivity contribution in [2.45, 2.75) is 37.6 Å². The number of carbonyl (C=O) groups is 3. The van der Waals surface area contributed by atoms with Gasteiger partial charge in [-0.25, -0.2) is 4.39 Å². The predicted octanol–water partition coefficient (Wildman–Crippen LogP) is 1.69. The Bertz CT molecular complexity index is 670. The van der Waals surface area contributed by atoms with Gasteiger partial charge < -0.3 is 15.3 Å². The monoisotopic (exact) mass is 334 g/mol. The van der Waals surface area contributed by atoms with Crippen molar-refractivity contribution in [3.8, 4) is 0 Å². The largest absolute Gasteiger partial charge is 0.481 e. The summed E-state index contributed by atoms with van der Waals surface area (Å²) in [6.45, 7) is 0.383. The molecule has 1 aromatic rings. The maximum absolute atomic E-state index is 13.0. The lowest BCUT2D eigenvalue weighted by molar-refractivity contribution is -0.141. The molecule has 1 heterocycles. The number of nitrogens with zero attached hydrogens (tertiary/aromatic N) is 1. The second kappa shape index (κ2) is 6.22. The zero-order chi connectivity index (χ0) is 17.3. The van der Waals surface area contributed by atoms with Gasteiger partial charge in [0.1, 0.15) is 11.7 Å². The highest BCUT2D eigenvalue weighted by Gasteiger charge is 2.44. The van der Waals surface area contributed by atoms with E-state index in [0.717, 1.165) is 6.42 Å². The number of carboxylic acids is 1. The van der Waals surface area contributed by atoms with Gasteiger partial charge in [0.05, 0.1) is 12.0 Å². The Balaban J connectivity index is 1.67. The molecule has 0 aromatic heterocycles. The number of amides is 2. The highest BCUT2D eigenvalue weighted by molar-refractivity contribution is 6.09. The molecule has 1 aliphatic heterocycles. The molecule has 1 aromatic carbocycles. The van der Waals surface area contributed by atoms with Crippen LogP contribution < -0.4 is 10.2 Å². The molecule has 2 amide bonds. The van der Waals surface area contributed by atoms with Gasteiger partial charge >= 0.3 is 5.97 Å². The zero-order valence-corrected chi connectivity index (χ0v) is 13.1. The second-order valence-electron chi connectivity index (χ2n) is 6.50. The lowest BCUT2D eigenvalue weighted by Crippen LogP contribution is -2.56. The average molecular weight is 334 g/mol. The Kier molecular flexibility index (Phi) is 4.26. The molecule has 3 rings (SSSR count). The number of benzene rings is 1. The Morgan fingerprint density at radius 2 is 1.96 bits per heavy atom. The van der Waals surface area contributed by atoms with Crippen molar-refractivity contribution in [1.82, 2.24) is 5.32 Å². The van der Waals surface area contributed by atoms with Crippen LogP contribution in [-0.2, 0) is 14.4 Å². The van der Waals surface area contributed by atoms with Gasteiger partial charge in [0.2, 0.25) is 11.8 Å². The molecule has 0 bridgehead atoms. The van der Waals surface area contributed by atoms with Crippen LogP contribution in [0, 0.1) is 11.7 Å². The molecule has 1 aliphatic carbocycles. The van der Waals surface area contributed by atoms with Crippen LogP contribution in [0.15, 0.2) is 24.3 Å². The third kappa shape index (κ3) is 3.11. The molecule has 1 unspecified atom stereocenters. The van der Waals surface area contributed by atoms with Gasteiger partial charge in [-0.2, -0.15) is 0 Å². The van der Waals surface area contributed by atoms with Gasteiger partial charge in [-0.05, 0) is 49.9 Å². The van der Waals surface area contributed by atoms with Crippen LogP contribution in [0.4, 0.5) is 10.1 Å². The Morgan fingerprint density at radius 3 is 2.50 bits per heavy atom. The maximum atomic E-state index is 13.0. The van der Waals surface area contributed by atoms with E-state index in [4.69, 9.17) is 5.11 Å². The molecule has 0 radical (unpaired) electrons. The quantitative estimate of drug-likeness (QED) is 0.802. The number of anilines is 1. The Hall–Kier alpha value is -2.44. The summed E-state index contributed by atoms with van der Waals surface area (Å²) in [5.41, 5.74) is -0.160. The number of carbonyl (C=O) groups excluding carboxylic acids is 2. The highest BCUT2D eigenvalue weighted by Crippen LogP contribution is 2.36. The number of aliphatic carboxylic acids is 1. The number of nitrogens with one attached hydrogen (secondary N) is 1. The second-order valence-corrected chi connectivity index (χ2v) is 6.50. The molecule has 0 spiro atoms. The minimum atomic E-state index is -0.958. The molecule has 1 saturated heterocycles. The van der Waals surface area contributed by atoms with Gasteiger partial charge in [0.15, 0.2) is 0 Å². The highest BCUT2D eigenvalue weighted by atomic mass is 19.1. The summed E-state index contributed by atoms with van der Waals surface area (Å²) in [5.74, 6) is -2.91. The number of halogens is 1. The normalized spacial score (nSPS) is 22.1. The summed E-state index contributed by atoms with van der Waals surface area (Å²) in [6.07, 6.45) is 2.35. The number of hydrogen-bond donors (Lipinski definition) is 2. The fraction of sp³-hybridized carbons (Fsp3) is 0.471. The van der Waals surface area contributed by atoms with Crippen LogP contribution >= 0.6 is 0 Å². The minimum Gasteiger partial charge on any atom is -0.481 e. The molecule has 1 atom stereocenters. The summed E-state index contributed by atoms with van der Waals surface area (Å²) in [4.78, 5) is 37.4. The van der Waals surface area contributed by atoms with E-state index in [1.54, 1.807) is 0 Å². The molecule has 128 valence electrons. The Labute approximate surface area is 138 Å². The summed E-state index contributed by atoms with van der Waals surface area (Å²) in [7, 11) is 0. The van der Waals surface area contributed by atoms with Crippen LogP contribution in [0.1, 0.15) is 32.1 Å². The first-order valence-electron chi connectivity index (χ1n) is 8.01. The molecule has 2 N–H and O–H groups in total. The van der Waals surface area contributed by atoms with Crippen LogP contribution in [0.5, 0.6) is 0 Å². The van der Waals surface area contributed by atoms with Gasteiger partial charge in [-0.15, -0.1) is 0 Å². The standard InChI is InChI=1S/C17H19FN2O4/c18-11-2-4-12(5-3-11)20-9-6-13(16(20)24)15(23)19-17(7-1-8-17)10-14(21)22/h2-5,13H,1,6-10H2,(H,19,23)(H,21,22). The van der Waals surface area contributed by atoms with E-state index in [-0.39, 0.29) is 18.1 Å². The van der Waals surface area contributed by atoms with Crippen molar-refractivity contribution < 1.29 is 23.9 Å². The third-order valence-electron chi connectivity index (χ3n) is 4.85. The lowest BCUT2D eigenvalue weighted by Gasteiger charge is -2.42. The lowest BCUT2D eigenvalue weighted by atomic mass is 9.74. The van der Waals surface area contributed by atoms with Crippen molar-refractivity contribution in [1.29, 1.82) is 0 Å². The van der Waals surface area contributed by atoms with Gasteiger partial charge in [0.25, 0.3) is 0 Å². The van der Waals surface area contributed by atoms with Crippen LogP contribution in [-0.4, -0.2) is 35.0 Å². The van der Waals surface area contributed by atoms with E-state index >= 15 is 0 Å². The van der Waals surface area contributed by atoms with Crippen molar-refractivity contribution >= 4 is 23.5 Å². The predicted molar refractivity (Wildman–Crippen MR) is 83.8 cm³/mol. The van der Waals surface area contributed by atoms with Gasteiger partial charge in [-0.1, -0.05) is 0 Å². The van der Waals surface area contributed by atoms with Crippen molar-refractivity contribution in [2.75, 3.05) is 11.4 Å². The number of carboxylic acid groups (broad SMARTS) is 1. The van der Waals surface area contributed by atoms with E-state index in [2.05, 4.69) is 5.32 Å². The number of rotatable bonds is 5. The van der Waals surface area contributed by atoms with E-state index in [0.29, 0.717) is 31.5 Å². The van der Waals surface area contributed by atoms with Crippen LogP contribution in [0.2, 0.25) is 0 Å². The molecule has 24 heavy (non-hydrogen) atoms. The molecule has 1 saturated carbocycles. The molecular weight excluding hydrogens is 315 g/mol. The van der Waals surface area contributed by atoms with E-state index in [1.807, 2.05) is 0 Å². The smallest absolute Gasteiger partial charge is 0.305 e. The molecule has 6 nitrogen and oxygen atoms in total. The minimum absolute atomic E-state index is 0.124. The maximum Gasteiger partial charge on any atom is 0.305 e. The molecular formula is C17H19FN2O4.